The smallest absolute Gasteiger partial charge is 0.171 e. The summed E-state index contributed by atoms with van der Waals surface area (Å²) in [5.74, 6) is 0.793. The van der Waals surface area contributed by atoms with E-state index in [4.69, 9.17) is 23.8 Å². The van der Waals surface area contributed by atoms with Gasteiger partial charge in [0.05, 0.1) is 0 Å². The highest BCUT2D eigenvalue weighted by atomic mass is 35.5. The van der Waals surface area contributed by atoms with E-state index >= 15 is 0 Å². The second-order valence-corrected chi connectivity index (χ2v) is 5.56. The first kappa shape index (κ1) is 15.7. The molecule has 0 aliphatic rings. The number of aromatic nitrogens is 1. The van der Waals surface area contributed by atoms with Gasteiger partial charge in [-0.05, 0) is 55.2 Å². The van der Waals surface area contributed by atoms with Crippen LogP contribution < -0.4 is 10.6 Å². The maximum atomic E-state index is 6.12. The number of nitrogens with zero attached hydrogens (tertiary/aromatic N) is 1. The average molecular weight is 320 g/mol. The van der Waals surface area contributed by atoms with Gasteiger partial charge in [0.2, 0.25) is 0 Å². The number of aryl methyl sites for hydroxylation is 2. The SMILES string of the molecule is Cc1cccnc1NC(=S)NCCCc1ccccc1Cl. The lowest BCUT2D eigenvalue weighted by Gasteiger charge is -2.11. The van der Waals surface area contributed by atoms with Crippen LogP contribution in [0.25, 0.3) is 0 Å². The second kappa shape index (κ2) is 7.96. The lowest BCUT2D eigenvalue weighted by molar-refractivity contribution is 0.777. The van der Waals surface area contributed by atoms with Gasteiger partial charge in [-0.2, -0.15) is 0 Å². The Balaban J connectivity index is 1.73. The minimum absolute atomic E-state index is 0.593. The van der Waals surface area contributed by atoms with E-state index < -0.39 is 0 Å². The van der Waals surface area contributed by atoms with Gasteiger partial charge in [-0.15, -0.1) is 0 Å². The summed E-state index contributed by atoms with van der Waals surface area (Å²) in [7, 11) is 0. The molecule has 0 saturated heterocycles. The van der Waals surface area contributed by atoms with E-state index in [0.29, 0.717) is 5.11 Å². The quantitative estimate of drug-likeness (QED) is 0.646. The van der Waals surface area contributed by atoms with Crippen molar-refractivity contribution in [3.8, 4) is 0 Å². The zero-order valence-electron chi connectivity index (χ0n) is 11.9. The maximum Gasteiger partial charge on any atom is 0.171 e. The standard InChI is InChI=1S/C16H18ClN3S/c1-12-6-4-10-18-15(12)20-16(21)19-11-5-8-13-7-2-3-9-14(13)17/h2-4,6-7,9-10H,5,8,11H2,1H3,(H2,18,19,20,21). The van der Waals surface area contributed by atoms with Crippen molar-refractivity contribution in [3.63, 3.8) is 0 Å². The highest BCUT2D eigenvalue weighted by Gasteiger charge is 2.02. The van der Waals surface area contributed by atoms with Gasteiger partial charge in [0.25, 0.3) is 0 Å². The molecule has 2 rings (SSSR count). The Kier molecular flexibility index (Phi) is 5.96. The van der Waals surface area contributed by atoms with Crippen LogP contribution in [0.2, 0.25) is 5.02 Å². The Labute approximate surface area is 135 Å². The number of benzene rings is 1. The van der Waals surface area contributed by atoms with Crippen molar-refractivity contribution >= 4 is 34.7 Å². The Hall–Kier alpha value is -1.65. The van der Waals surface area contributed by atoms with E-state index in [1.165, 1.54) is 5.56 Å². The average Bonchev–Trinajstić information content (AvgIpc) is 2.48. The summed E-state index contributed by atoms with van der Waals surface area (Å²) in [5, 5.41) is 7.70. The van der Waals surface area contributed by atoms with Gasteiger partial charge in [-0.1, -0.05) is 35.9 Å². The van der Waals surface area contributed by atoms with Crippen LogP contribution in [-0.2, 0) is 6.42 Å². The first-order valence-corrected chi connectivity index (χ1v) is 7.65. The fourth-order valence-corrected chi connectivity index (χ4v) is 2.38. The molecule has 0 atom stereocenters. The molecule has 1 heterocycles. The van der Waals surface area contributed by atoms with Crippen LogP contribution in [0.3, 0.4) is 0 Å². The molecule has 0 radical (unpaired) electrons. The van der Waals surface area contributed by atoms with E-state index in [-0.39, 0.29) is 0 Å². The van der Waals surface area contributed by atoms with Crippen molar-refractivity contribution in [2.45, 2.75) is 19.8 Å². The first-order chi connectivity index (χ1) is 10.2. The fourth-order valence-electron chi connectivity index (χ4n) is 1.95. The van der Waals surface area contributed by atoms with Gasteiger partial charge in [0.15, 0.2) is 5.11 Å². The van der Waals surface area contributed by atoms with Crippen LogP contribution in [0.5, 0.6) is 0 Å². The lowest BCUT2D eigenvalue weighted by atomic mass is 10.1. The largest absolute Gasteiger partial charge is 0.362 e. The van der Waals surface area contributed by atoms with Gasteiger partial charge in [0.1, 0.15) is 5.82 Å². The number of pyridine rings is 1. The summed E-state index contributed by atoms with van der Waals surface area (Å²) in [6.45, 7) is 2.79. The van der Waals surface area contributed by atoms with E-state index in [2.05, 4.69) is 21.7 Å². The summed E-state index contributed by atoms with van der Waals surface area (Å²) < 4.78 is 0. The minimum Gasteiger partial charge on any atom is -0.362 e. The van der Waals surface area contributed by atoms with E-state index in [0.717, 1.165) is 35.8 Å². The lowest BCUT2D eigenvalue weighted by Crippen LogP contribution is -2.30. The molecule has 0 amide bonds. The summed E-state index contributed by atoms with van der Waals surface area (Å²) in [6.07, 6.45) is 3.64. The summed E-state index contributed by atoms with van der Waals surface area (Å²) in [4.78, 5) is 4.25. The molecular weight excluding hydrogens is 302 g/mol. The summed E-state index contributed by atoms with van der Waals surface area (Å²) in [6, 6.07) is 11.8. The number of halogens is 1. The van der Waals surface area contributed by atoms with Gasteiger partial charge in [0, 0.05) is 17.8 Å². The van der Waals surface area contributed by atoms with Crippen molar-refractivity contribution in [2.75, 3.05) is 11.9 Å². The molecule has 0 fully saturated rings. The molecule has 0 saturated carbocycles. The highest BCUT2D eigenvalue weighted by Crippen LogP contribution is 2.16. The number of hydrogen-bond acceptors (Lipinski definition) is 2. The molecule has 0 aliphatic carbocycles. The maximum absolute atomic E-state index is 6.12. The third-order valence-corrected chi connectivity index (χ3v) is 3.72. The number of rotatable bonds is 5. The fraction of sp³-hybridized carbons (Fsp3) is 0.250. The van der Waals surface area contributed by atoms with Crippen LogP contribution in [0.15, 0.2) is 42.6 Å². The molecule has 5 heteroatoms. The van der Waals surface area contributed by atoms with Gasteiger partial charge in [-0.25, -0.2) is 4.98 Å². The predicted octanol–water partition coefficient (Wildman–Crippen LogP) is 3.96. The summed E-state index contributed by atoms with van der Waals surface area (Å²) in [5.41, 5.74) is 2.23. The molecule has 110 valence electrons. The van der Waals surface area contributed by atoms with E-state index in [9.17, 15) is 0 Å². The van der Waals surface area contributed by atoms with Gasteiger partial charge < -0.3 is 10.6 Å². The third kappa shape index (κ3) is 4.99. The van der Waals surface area contributed by atoms with Crippen LogP contribution in [-0.4, -0.2) is 16.6 Å². The number of thiocarbonyl (C=S) groups is 1. The monoisotopic (exact) mass is 319 g/mol. The molecule has 0 bridgehead atoms. The molecule has 2 N–H and O–H groups in total. The van der Waals surface area contributed by atoms with E-state index in [1.54, 1.807) is 6.20 Å². The molecule has 0 aliphatic heterocycles. The normalized spacial score (nSPS) is 10.2. The van der Waals surface area contributed by atoms with Crippen molar-refractivity contribution in [3.05, 3.63) is 58.7 Å². The number of anilines is 1. The van der Waals surface area contributed by atoms with Crippen LogP contribution in [0.4, 0.5) is 5.82 Å². The molecule has 3 nitrogen and oxygen atoms in total. The second-order valence-electron chi connectivity index (χ2n) is 4.74. The van der Waals surface area contributed by atoms with Crippen LogP contribution in [0.1, 0.15) is 17.5 Å². The Morgan fingerprint density at radius 2 is 2.05 bits per heavy atom. The summed E-state index contributed by atoms with van der Waals surface area (Å²) >= 11 is 11.4. The molecule has 2 aromatic rings. The molecule has 21 heavy (non-hydrogen) atoms. The highest BCUT2D eigenvalue weighted by molar-refractivity contribution is 7.80. The van der Waals surface area contributed by atoms with Crippen molar-refractivity contribution in [2.24, 2.45) is 0 Å². The minimum atomic E-state index is 0.593. The Morgan fingerprint density at radius 3 is 2.81 bits per heavy atom. The van der Waals surface area contributed by atoms with Crippen molar-refractivity contribution < 1.29 is 0 Å². The molecule has 1 aromatic heterocycles. The van der Waals surface area contributed by atoms with Crippen molar-refractivity contribution in [1.82, 2.24) is 10.3 Å². The molecule has 0 spiro atoms. The topological polar surface area (TPSA) is 37.0 Å². The van der Waals surface area contributed by atoms with Crippen LogP contribution >= 0.6 is 23.8 Å². The third-order valence-electron chi connectivity index (χ3n) is 3.11. The van der Waals surface area contributed by atoms with Crippen molar-refractivity contribution in [1.29, 1.82) is 0 Å². The Morgan fingerprint density at radius 1 is 1.24 bits per heavy atom. The van der Waals surface area contributed by atoms with Gasteiger partial charge in [-0.3, -0.25) is 0 Å². The zero-order valence-corrected chi connectivity index (χ0v) is 13.5. The Bertz CT molecular complexity index is 616. The first-order valence-electron chi connectivity index (χ1n) is 6.86. The van der Waals surface area contributed by atoms with E-state index in [1.807, 2.05) is 37.3 Å². The number of hydrogen-bond donors (Lipinski definition) is 2. The van der Waals surface area contributed by atoms with Gasteiger partial charge >= 0.3 is 0 Å². The molecule has 0 unspecified atom stereocenters. The molecular formula is C16H18ClN3S. The predicted molar refractivity (Wildman–Crippen MR) is 93.0 cm³/mol. The van der Waals surface area contributed by atoms with Crippen LogP contribution in [0, 0.1) is 6.92 Å². The molecule has 1 aromatic carbocycles. The zero-order chi connectivity index (χ0) is 15.1. The number of nitrogens with one attached hydrogen (secondary N) is 2.